The fourth-order valence-corrected chi connectivity index (χ4v) is 5.60. The lowest BCUT2D eigenvalue weighted by Gasteiger charge is -2.27. The van der Waals surface area contributed by atoms with Gasteiger partial charge in [0.05, 0.1) is 6.61 Å². The van der Waals surface area contributed by atoms with Crippen molar-refractivity contribution >= 4 is 21.4 Å². The van der Waals surface area contributed by atoms with Crippen LogP contribution in [0.1, 0.15) is 24.6 Å². The number of methoxy groups -OCH3 is 1. The van der Waals surface area contributed by atoms with E-state index in [0.717, 1.165) is 24.1 Å². The average molecular weight is 332 g/mol. The SMILES string of the molecule is COCCN(C(C)C1CC1)S(=O)(=O)c1ccc(CCN)s1. The summed E-state index contributed by atoms with van der Waals surface area (Å²) in [4.78, 5) is 1.02. The highest BCUT2D eigenvalue weighted by Gasteiger charge is 2.38. The zero-order valence-electron chi connectivity index (χ0n) is 12.6. The summed E-state index contributed by atoms with van der Waals surface area (Å²) in [7, 11) is -1.85. The number of thiophene rings is 1. The van der Waals surface area contributed by atoms with Crippen LogP contribution in [0.5, 0.6) is 0 Å². The van der Waals surface area contributed by atoms with Crippen molar-refractivity contribution in [1.29, 1.82) is 0 Å². The van der Waals surface area contributed by atoms with Crippen molar-refractivity contribution in [2.75, 3.05) is 26.8 Å². The third-order valence-corrected chi connectivity index (χ3v) is 7.46. The highest BCUT2D eigenvalue weighted by atomic mass is 32.2. The summed E-state index contributed by atoms with van der Waals surface area (Å²) in [5.74, 6) is 0.486. The predicted molar refractivity (Wildman–Crippen MR) is 85.0 cm³/mol. The van der Waals surface area contributed by atoms with E-state index in [4.69, 9.17) is 10.5 Å². The van der Waals surface area contributed by atoms with Gasteiger partial charge in [-0.15, -0.1) is 11.3 Å². The number of hydrogen-bond donors (Lipinski definition) is 1. The third-order valence-electron chi connectivity index (χ3n) is 3.86. The van der Waals surface area contributed by atoms with E-state index in [-0.39, 0.29) is 6.04 Å². The summed E-state index contributed by atoms with van der Waals surface area (Å²) in [6, 6.07) is 3.59. The number of sulfonamides is 1. The van der Waals surface area contributed by atoms with Crippen molar-refractivity contribution in [3.05, 3.63) is 17.0 Å². The molecule has 1 unspecified atom stereocenters. The largest absolute Gasteiger partial charge is 0.383 e. The van der Waals surface area contributed by atoms with Gasteiger partial charge in [0.1, 0.15) is 4.21 Å². The van der Waals surface area contributed by atoms with Gasteiger partial charge in [0.15, 0.2) is 0 Å². The van der Waals surface area contributed by atoms with E-state index in [1.165, 1.54) is 11.3 Å². The first kappa shape index (κ1) is 16.9. The van der Waals surface area contributed by atoms with E-state index in [2.05, 4.69) is 0 Å². The molecule has 1 saturated carbocycles. The Labute approximate surface area is 131 Å². The van der Waals surface area contributed by atoms with Crippen LogP contribution in [0.2, 0.25) is 0 Å². The number of nitrogens with two attached hydrogens (primary N) is 1. The van der Waals surface area contributed by atoms with Crippen LogP contribution in [0.15, 0.2) is 16.3 Å². The fourth-order valence-electron chi connectivity index (χ4n) is 2.43. The summed E-state index contributed by atoms with van der Waals surface area (Å²) in [6.07, 6.45) is 2.95. The normalized spacial score (nSPS) is 17.3. The van der Waals surface area contributed by atoms with Gasteiger partial charge >= 0.3 is 0 Å². The second kappa shape index (κ2) is 7.19. The highest BCUT2D eigenvalue weighted by Crippen LogP contribution is 2.37. The third kappa shape index (κ3) is 4.04. The molecule has 5 nitrogen and oxygen atoms in total. The maximum Gasteiger partial charge on any atom is 0.252 e. The van der Waals surface area contributed by atoms with Crippen molar-refractivity contribution in [2.45, 2.75) is 36.4 Å². The second-order valence-electron chi connectivity index (χ2n) is 5.45. The molecule has 0 aliphatic heterocycles. The van der Waals surface area contributed by atoms with Crippen molar-refractivity contribution < 1.29 is 13.2 Å². The Morgan fingerprint density at radius 1 is 1.48 bits per heavy atom. The van der Waals surface area contributed by atoms with Gasteiger partial charge in [-0.3, -0.25) is 0 Å². The summed E-state index contributed by atoms with van der Waals surface area (Å²) in [6.45, 7) is 3.35. The maximum absolute atomic E-state index is 12.9. The first-order valence-corrected chi connectivity index (χ1v) is 9.56. The van der Waals surface area contributed by atoms with E-state index in [1.807, 2.05) is 13.0 Å². The zero-order valence-corrected chi connectivity index (χ0v) is 14.3. The van der Waals surface area contributed by atoms with Gasteiger partial charge in [-0.1, -0.05) is 0 Å². The molecule has 0 bridgehead atoms. The Morgan fingerprint density at radius 2 is 2.19 bits per heavy atom. The lowest BCUT2D eigenvalue weighted by atomic mass is 10.2. The van der Waals surface area contributed by atoms with Gasteiger partial charge in [-0.2, -0.15) is 4.31 Å². The highest BCUT2D eigenvalue weighted by molar-refractivity contribution is 7.91. The molecule has 1 atom stereocenters. The molecule has 2 rings (SSSR count). The molecule has 0 saturated heterocycles. The number of nitrogens with zero attached hydrogens (tertiary/aromatic N) is 1. The van der Waals surface area contributed by atoms with Gasteiger partial charge in [0.2, 0.25) is 0 Å². The molecule has 120 valence electrons. The van der Waals surface area contributed by atoms with E-state index in [9.17, 15) is 8.42 Å². The Balaban J connectivity index is 2.22. The first-order chi connectivity index (χ1) is 10.0. The van der Waals surface area contributed by atoms with Crippen LogP contribution in [0, 0.1) is 5.92 Å². The van der Waals surface area contributed by atoms with Crippen molar-refractivity contribution in [1.82, 2.24) is 4.31 Å². The molecule has 1 aliphatic carbocycles. The van der Waals surface area contributed by atoms with E-state index < -0.39 is 10.0 Å². The molecule has 1 heterocycles. The van der Waals surface area contributed by atoms with Gasteiger partial charge in [-0.05, 0) is 50.8 Å². The van der Waals surface area contributed by atoms with Gasteiger partial charge in [0, 0.05) is 24.6 Å². The van der Waals surface area contributed by atoms with Crippen LogP contribution in [0.4, 0.5) is 0 Å². The number of hydrogen-bond acceptors (Lipinski definition) is 5. The van der Waals surface area contributed by atoms with E-state index in [1.54, 1.807) is 17.5 Å². The monoisotopic (exact) mass is 332 g/mol. The summed E-state index contributed by atoms with van der Waals surface area (Å²) < 4.78 is 32.9. The van der Waals surface area contributed by atoms with Crippen molar-refractivity contribution in [2.24, 2.45) is 11.7 Å². The maximum atomic E-state index is 12.9. The molecule has 0 aromatic carbocycles. The number of ether oxygens (including phenoxy) is 1. The van der Waals surface area contributed by atoms with Crippen LogP contribution >= 0.6 is 11.3 Å². The van der Waals surface area contributed by atoms with Crippen LogP contribution in [0.3, 0.4) is 0 Å². The quantitative estimate of drug-likeness (QED) is 0.747. The van der Waals surface area contributed by atoms with Crippen molar-refractivity contribution in [3.8, 4) is 0 Å². The molecule has 0 amide bonds. The second-order valence-corrected chi connectivity index (χ2v) is 8.73. The minimum Gasteiger partial charge on any atom is -0.383 e. The molecule has 0 spiro atoms. The standard InChI is InChI=1S/C14H24N2O3S2/c1-11(12-3-4-12)16(9-10-19-2)21(17,18)14-6-5-13(20-14)7-8-15/h5-6,11-12H,3-4,7-10,15H2,1-2H3. The Morgan fingerprint density at radius 3 is 2.76 bits per heavy atom. The molecule has 1 aromatic rings. The Bertz CT molecular complexity index is 552. The molecule has 0 radical (unpaired) electrons. The lowest BCUT2D eigenvalue weighted by Crippen LogP contribution is -2.41. The number of rotatable bonds is 9. The molecule has 2 N–H and O–H groups in total. The first-order valence-electron chi connectivity index (χ1n) is 7.30. The van der Waals surface area contributed by atoms with Gasteiger partial charge < -0.3 is 10.5 Å². The lowest BCUT2D eigenvalue weighted by molar-refractivity contribution is 0.164. The van der Waals surface area contributed by atoms with Gasteiger partial charge in [0.25, 0.3) is 10.0 Å². The summed E-state index contributed by atoms with van der Waals surface area (Å²) in [5, 5.41) is 0. The summed E-state index contributed by atoms with van der Waals surface area (Å²) >= 11 is 1.33. The molecule has 7 heteroatoms. The Kier molecular flexibility index (Phi) is 5.79. The summed E-state index contributed by atoms with van der Waals surface area (Å²) in [5.41, 5.74) is 5.53. The molecule has 1 aliphatic rings. The zero-order chi connectivity index (χ0) is 15.5. The average Bonchev–Trinajstić information content (AvgIpc) is 3.19. The minimum atomic E-state index is -3.44. The smallest absolute Gasteiger partial charge is 0.252 e. The molecular formula is C14H24N2O3S2. The van der Waals surface area contributed by atoms with Crippen molar-refractivity contribution in [3.63, 3.8) is 0 Å². The molecule has 21 heavy (non-hydrogen) atoms. The van der Waals surface area contributed by atoms with E-state index in [0.29, 0.717) is 29.8 Å². The predicted octanol–water partition coefficient (Wildman–Crippen LogP) is 1.68. The van der Waals surface area contributed by atoms with Crippen LogP contribution in [-0.2, 0) is 21.2 Å². The molecule has 1 aromatic heterocycles. The topological polar surface area (TPSA) is 72.6 Å². The minimum absolute atomic E-state index is 0.0326. The van der Waals surface area contributed by atoms with Crippen LogP contribution in [0.25, 0.3) is 0 Å². The Hall–Kier alpha value is -0.470. The van der Waals surface area contributed by atoms with Crippen LogP contribution in [-0.4, -0.2) is 45.6 Å². The van der Waals surface area contributed by atoms with Gasteiger partial charge in [-0.25, -0.2) is 8.42 Å². The van der Waals surface area contributed by atoms with Crippen LogP contribution < -0.4 is 5.73 Å². The molecule has 1 fully saturated rings. The van der Waals surface area contributed by atoms with E-state index >= 15 is 0 Å². The molecular weight excluding hydrogens is 308 g/mol. The fraction of sp³-hybridized carbons (Fsp3) is 0.714.